The average Bonchev–Trinajstić information content (AvgIpc) is 3.84. The second kappa shape index (κ2) is 19.8. The van der Waals surface area contributed by atoms with Crippen LogP contribution < -0.4 is 31.3 Å². The van der Waals surface area contributed by atoms with Crippen LogP contribution in [0.3, 0.4) is 0 Å². The monoisotopic (exact) mass is 772 g/mol. The number of para-hydroxylation sites is 1. The second-order valence-corrected chi connectivity index (χ2v) is 14.3. The lowest BCUT2D eigenvalue weighted by molar-refractivity contribution is -0.142. The number of hydrogen-bond donors (Lipinski definition) is 6. The summed E-state index contributed by atoms with van der Waals surface area (Å²) in [6.45, 7) is 5.35. The van der Waals surface area contributed by atoms with Gasteiger partial charge in [-0.1, -0.05) is 55.5 Å². The maximum absolute atomic E-state index is 14.1. The summed E-state index contributed by atoms with van der Waals surface area (Å²) in [6, 6.07) is 14.3. The van der Waals surface area contributed by atoms with Gasteiger partial charge in [-0.3, -0.25) is 28.8 Å². The van der Waals surface area contributed by atoms with E-state index in [2.05, 4.69) is 26.6 Å². The molecule has 0 aliphatic carbocycles. The molecule has 0 saturated carbocycles. The van der Waals surface area contributed by atoms with Crippen LogP contribution in [0.15, 0.2) is 71.1 Å². The Morgan fingerprint density at radius 1 is 0.893 bits per heavy atom. The molecule has 6 atom stereocenters. The van der Waals surface area contributed by atoms with E-state index < -0.39 is 65.8 Å². The fourth-order valence-corrected chi connectivity index (χ4v) is 6.91. The molecule has 0 unspecified atom stereocenters. The molecule has 2 aliphatic rings. The largest absolute Gasteiger partial charge is 0.486 e. The third-order valence-corrected chi connectivity index (χ3v) is 9.98. The van der Waals surface area contributed by atoms with E-state index in [1.165, 1.54) is 11.8 Å². The predicted molar refractivity (Wildman–Crippen MR) is 205 cm³/mol. The molecule has 300 valence electrons. The van der Waals surface area contributed by atoms with Gasteiger partial charge < -0.3 is 45.7 Å². The van der Waals surface area contributed by atoms with E-state index in [4.69, 9.17) is 9.15 Å². The average molecular weight is 773 g/mol. The van der Waals surface area contributed by atoms with Crippen molar-refractivity contribution in [2.24, 2.45) is 0 Å². The molecule has 56 heavy (non-hydrogen) atoms. The minimum Gasteiger partial charge on any atom is -0.486 e. The number of aryl methyl sites for hydroxylation is 1. The van der Waals surface area contributed by atoms with Crippen LogP contribution in [-0.2, 0) is 37.0 Å². The molecular formula is C41H52N6O9. The van der Waals surface area contributed by atoms with E-state index in [9.17, 15) is 33.9 Å². The van der Waals surface area contributed by atoms with Crippen molar-refractivity contribution in [1.82, 2.24) is 31.5 Å². The molecule has 0 spiro atoms. The van der Waals surface area contributed by atoms with Crippen LogP contribution in [0.4, 0.5) is 0 Å². The molecule has 2 aromatic carbocycles. The van der Waals surface area contributed by atoms with Crippen LogP contribution in [0.2, 0.25) is 0 Å². The molecule has 5 rings (SSSR count). The van der Waals surface area contributed by atoms with Crippen molar-refractivity contribution in [2.75, 3.05) is 13.1 Å². The number of furan rings is 1. The Labute approximate surface area is 326 Å². The van der Waals surface area contributed by atoms with Gasteiger partial charge in [0.05, 0.1) is 6.10 Å². The van der Waals surface area contributed by atoms with Gasteiger partial charge in [0.1, 0.15) is 48.3 Å². The van der Waals surface area contributed by atoms with E-state index in [0.717, 1.165) is 5.56 Å². The van der Waals surface area contributed by atoms with Crippen LogP contribution in [0, 0.1) is 6.92 Å². The molecule has 0 radical (unpaired) electrons. The standard InChI is InChI=1S/C41H52N6O9/c1-4-30-36(49)46-34(26(3)48)39(52)45-32(23-27-14-7-5-8-15-27)41(54)47-21-13-19-33(47)38(51)42-20-12-11-18-31(37(50)43-30)44-40(53)35-25(2)22-29(56-35)24-55-28-16-9-6-10-17-28/h5-10,14-17,22,26,30-34,48H,4,11-13,18-21,23-24H2,1-3H3,(H,42,51)(H,43,50)(H,44,53)(H,45,52)(H,46,49)/t26-,30+,31+,32-,33+,34+/m1/s1. The number of ether oxygens (including phenoxy) is 1. The van der Waals surface area contributed by atoms with E-state index in [1.54, 1.807) is 32.0 Å². The normalized spacial score (nSPS) is 23.6. The fraction of sp³-hybridized carbons (Fsp3) is 0.463. The number of aliphatic hydroxyl groups is 1. The van der Waals surface area contributed by atoms with Crippen LogP contribution in [-0.4, -0.2) is 94.9 Å². The van der Waals surface area contributed by atoms with E-state index in [-0.39, 0.29) is 44.1 Å². The summed E-state index contributed by atoms with van der Waals surface area (Å²) in [5.74, 6) is -2.58. The van der Waals surface area contributed by atoms with Gasteiger partial charge in [-0.2, -0.15) is 0 Å². The summed E-state index contributed by atoms with van der Waals surface area (Å²) in [4.78, 5) is 83.7. The first-order valence-corrected chi connectivity index (χ1v) is 19.2. The number of carbonyl (C=O) groups excluding carboxylic acids is 6. The molecule has 3 aromatic rings. The molecule has 2 fully saturated rings. The molecule has 0 bridgehead atoms. The van der Waals surface area contributed by atoms with Crippen LogP contribution in [0.1, 0.15) is 79.8 Å². The lowest BCUT2D eigenvalue weighted by Crippen LogP contribution is -2.61. The second-order valence-electron chi connectivity index (χ2n) is 14.3. The molecule has 2 saturated heterocycles. The highest BCUT2D eigenvalue weighted by Gasteiger charge is 2.39. The van der Waals surface area contributed by atoms with Crippen molar-refractivity contribution >= 4 is 35.4 Å². The third-order valence-electron chi connectivity index (χ3n) is 9.98. The van der Waals surface area contributed by atoms with Crippen molar-refractivity contribution in [3.63, 3.8) is 0 Å². The first-order chi connectivity index (χ1) is 26.9. The van der Waals surface area contributed by atoms with Gasteiger partial charge in [0, 0.05) is 25.1 Å². The highest BCUT2D eigenvalue weighted by atomic mass is 16.5. The molecule has 15 heteroatoms. The number of fused-ring (bicyclic) bond motifs is 1. The Hall–Kier alpha value is -5.70. The molecule has 6 amide bonds. The molecule has 2 aliphatic heterocycles. The zero-order valence-electron chi connectivity index (χ0n) is 32.0. The van der Waals surface area contributed by atoms with Crippen LogP contribution in [0.25, 0.3) is 0 Å². The minimum atomic E-state index is -1.49. The highest BCUT2D eigenvalue weighted by Crippen LogP contribution is 2.21. The molecular weight excluding hydrogens is 720 g/mol. The first kappa shape index (κ1) is 41.5. The highest BCUT2D eigenvalue weighted by molar-refractivity contribution is 5.99. The van der Waals surface area contributed by atoms with Gasteiger partial charge in [0.25, 0.3) is 5.91 Å². The summed E-state index contributed by atoms with van der Waals surface area (Å²) >= 11 is 0. The van der Waals surface area contributed by atoms with Crippen LogP contribution in [0.5, 0.6) is 5.75 Å². The molecule has 1 aromatic heterocycles. The smallest absolute Gasteiger partial charge is 0.287 e. The van der Waals surface area contributed by atoms with Gasteiger partial charge in [-0.25, -0.2) is 0 Å². The summed E-state index contributed by atoms with van der Waals surface area (Å²) < 4.78 is 11.6. The van der Waals surface area contributed by atoms with Crippen LogP contribution >= 0.6 is 0 Å². The number of rotatable bonds is 9. The number of aliphatic hydroxyl groups excluding tert-OH is 1. The number of hydrogen-bond acceptors (Lipinski definition) is 9. The Bertz CT molecular complexity index is 1830. The zero-order chi connectivity index (χ0) is 40.2. The lowest BCUT2D eigenvalue weighted by atomic mass is 10.0. The summed E-state index contributed by atoms with van der Waals surface area (Å²) in [7, 11) is 0. The molecule has 15 nitrogen and oxygen atoms in total. The topological polar surface area (TPSA) is 208 Å². The van der Waals surface area contributed by atoms with Gasteiger partial charge >= 0.3 is 0 Å². The van der Waals surface area contributed by atoms with Gasteiger partial charge in [0.2, 0.25) is 29.5 Å². The quantitative estimate of drug-likeness (QED) is 0.188. The van der Waals surface area contributed by atoms with Crippen molar-refractivity contribution in [1.29, 1.82) is 0 Å². The molecule has 3 heterocycles. The van der Waals surface area contributed by atoms with Crippen molar-refractivity contribution in [2.45, 2.75) is 109 Å². The first-order valence-electron chi connectivity index (χ1n) is 19.2. The zero-order valence-corrected chi connectivity index (χ0v) is 32.0. The number of nitrogens with zero attached hydrogens (tertiary/aromatic N) is 1. The maximum atomic E-state index is 14.1. The van der Waals surface area contributed by atoms with Crippen molar-refractivity contribution in [3.8, 4) is 5.75 Å². The Morgan fingerprint density at radius 2 is 1.59 bits per heavy atom. The number of nitrogens with one attached hydrogen (secondary N) is 5. The Morgan fingerprint density at radius 3 is 2.29 bits per heavy atom. The SMILES string of the molecule is CC[C@@H]1NC(=O)[C@@H](NC(=O)c2oc(COc3ccccc3)cc2C)CCCCNC(=O)[C@@H]2CCCN2C(=O)[C@@H](Cc2ccccc2)NC(=O)[C@H]([C@@H](C)O)NC1=O. The van der Waals surface area contributed by atoms with Gasteiger partial charge in [0.15, 0.2) is 5.76 Å². The molecule has 6 N–H and O–H groups in total. The Balaban J connectivity index is 1.35. The number of carbonyl (C=O) groups is 6. The van der Waals surface area contributed by atoms with E-state index in [1.807, 2.05) is 48.5 Å². The maximum Gasteiger partial charge on any atom is 0.287 e. The fourth-order valence-electron chi connectivity index (χ4n) is 6.91. The van der Waals surface area contributed by atoms with Gasteiger partial charge in [-0.05, 0) is 76.1 Å². The van der Waals surface area contributed by atoms with Crippen molar-refractivity contribution in [3.05, 3.63) is 89.4 Å². The third kappa shape index (κ3) is 11.0. The van der Waals surface area contributed by atoms with Gasteiger partial charge in [-0.15, -0.1) is 0 Å². The minimum absolute atomic E-state index is 0.00375. The summed E-state index contributed by atoms with van der Waals surface area (Å²) in [6.07, 6.45) is 0.887. The summed E-state index contributed by atoms with van der Waals surface area (Å²) in [5, 5.41) is 24.3. The van der Waals surface area contributed by atoms with E-state index in [0.29, 0.717) is 49.3 Å². The lowest BCUT2D eigenvalue weighted by Gasteiger charge is -2.30. The number of benzene rings is 2. The van der Waals surface area contributed by atoms with Crippen molar-refractivity contribution < 1.29 is 43.0 Å². The Kier molecular flexibility index (Phi) is 14.6. The van der Waals surface area contributed by atoms with E-state index >= 15 is 0 Å². The summed E-state index contributed by atoms with van der Waals surface area (Å²) in [5.41, 5.74) is 1.30. The number of amides is 6. The predicted octanol–water partition coefficient (Wildman–Crippen LogP) is 2.04.